The van der Waals surface area contributed by atoms with E-state index in [9.17, 15) is 9.59 Å². The monoisotopic (exact) mass is 410 g/mol. The Balaban J connectivity index is 1.48. The zero-order chi connectivity index (χ0) is 20.4. The third-order valence-electron chi connectivity index (χ3n) is 4.58. The molecule has 1 atom stereocenters. The van der Waals surface area contributed by atoms with Crippen molar-refractivity contribution in [1.29, 1.82) is 0 Å². The Labute approximate surface area is 172 Å². The fraction of sp³-hybridized carbons (Fsp3) is 0.190. The van der Waals surface area contributed by atoms with Crippen molar-refractivity contribution in [2.75, 3.05) is 16.8 Å². The topological polar surface area (TPSA) is 76.5 Å². The van der Waals surface area contributed by atoms with Gasteiger partial charge in [0.25, 0.3) is 5.91 Å². The first kappa shape index (κ1) is 19.0. The Morgan fingerprint density at radius 2 is 2.03 bits per heavy atom. The van der Waals surface area contributed by atoms with Crippen molar-refractivity contribution in [2.24, 2.45) is 0 Å². The molecule has 1 N–H and O–H groups in total. The summed E-state index contributed by atoms with van der Waals surface area (Å²) in [6.07, 6.45) is 0.961. The van der Waals surface area contributed by atoms with E-state index in [0.29, 0.717) is 28.8 Å². The first-order chi connectivity index (χ1) is 14.0. The number of ether oxygens (including phenoxy) is 1. The summed E-state index contributed by atoms with van der Waals surface area (Å²) in [7, 11) is 0. The van der Waals surface area contributed by atoms with E-state index < -0.39 is 6.10 Å². The Kier molecular flexibility index (Phi) is 5.22. The van der Waals surface area contributed by atoms with Crippen molar-refractivity contribution < 1.29 is 14.3 Å². The van der Waals surface area contributed by atoms with Crippen molar-refractivity contribution in [3.8, 4) is 5.75 Å². The molecule has 0 saturated carbocycles. The summed E-state index contributed by atoms with van der Waals surface area (Å²) in [6, 6.07) is 16.3. The van der Waals surface area contributed by atoms with Crippen LogP contribution in [0.25, 0.3) is 0 Å². The van der Waals surface area contributed by atoms with Gasteiger partial charge < -0.3 is 10.1 Å². The lowest BCUT2D eigenvalue weighted by Gasteiger charge is -2.32. The number of fused-ring (bicyclic) bond motifs is 1. The average Bonchev–Trinajstić information content (AvgIpc) is 3.12. The molecule has 0 saturated heterocycles. The van der Waals surface area contributed by atoms with Crippen LogP contribution in [0, 0.1) is 0 Å². The van der Waals surface area contributed by atoms with Gasteiger partial charge in [0.2, 0.25) is 5.91 Å². The fourth-order valence-corrected chi connectivity index (χ4v) is 3.43. The van der Waals surface area contributed by atoms with E-state index in [0.717, 1.165) is 5.56 Å². The van der Waals surface area contributed by atoms with E-state index >= 15 is 0 Å². The van der Waals surface area contributed by atoms with E-state index in [-0.39, 0.29) is 18.4 Å². The summed E-state index contributed by atoms with van der Waals surface area (Å²) in [6.45, 7) is 2.01. The SMILES string of the molecule is CC1Oc2ccccc2N(CC(=O)Nc2ccnn2Cc2cccc(Cl)c2)C1=O. The fourth-order valence-electron chi connectivity index (χ4n) is 3.22. The highest BCUT2D eigenvalue weighted by Crippen LogP contribution is 2.33. The molecular formula is C21H19ClN4O3. The smallest absolute Gasteiger partial charge is 0.268 e. The maximum absolute atomic E-state index is 12.7. The van der Waals surface area contributed by atoms with Gasteiger partial charge in [-0.3, -0.25) is 14.5 Å². The number of nitrogens with one attached hydrogen (secondary N) is 1. The molecule has 2 amide bonds. The molecule has 3 aromatic rings. The van der Waals surface area contributed by atoms with Crippen LogP contribution in [0.5, 0.6) is 5.75 Å². The predicted octanol–water partition coefficient (Wildman–Crippen LogP) is 3.34. The highest BCUT2D eigenvalue weighted by Gasteiger charge is 2.32. The zero-order valence-electron chi connectivity index (χ0n) is 15.7. The van der Waals surface area contributed by atoms with Crippen LogP contribution in [0.2, 0.25) is 5.02 Å². The molecule has 2 heterocycles. The highest BCUT2D eigenvalue weighted by molar-refractivity contribution is 6.30. The van der Waals surface area contributed by atoms with Crippen LogP contribution in [-0.2, 0) is 16.1 Å². The average molecular weight is 411 g/mol. The molecule has 0 fully saturated rings. The quantitative estimate of drug-likeness (QED) is 0.699. The summed E-state index contributed by atoms with van der Waals surface area (Å²) < 4.78 is 7.28. The molecule has 29 heavy (non-hydrogen) atoms. The summed E-state index contributed by atoms with van der Waals surface area (Å²) in [4.78, 5) is 26.7. The van der Waals surface area contributed by atoms with E-state index in [1.807, 2.05) is 24.3 Å². The van der Waals surface area contributed by atoms with Crippen molar-refractivity contribution in [3.63, 3.8) is 0 Å². The van der Waals surface area contributed by atoms with Crippen molar-refractivity contribution in [2.45, 2.75) is 19.6 Å². The van der Waals surface area contributed by atoms with Crippen LogP contribution >= 0.6 is 11.6 Å². The second-order valence-electron chi connectivity index (χ2n) is 6.70. The Morgan fingerprint density at radius 3 is 2.86 bits per heavy atom. The van der Waals surface area contributed by atoms with Gasteiger partial charge in [-0.05, 0) is 36.8 Å². The van der Waals surface area contributed by atoms with Gasteiger partial charge in [0, 0.05) is 11.1 Å². The number of halogens is 1. The Hall–Kier alpha value is -3.32. The maximum atomic E-state index is 12.7. The minimum Gasteiger partial charge on any atom is -0.479 e. The molecule has 1 unspecified atom stereocenters. The number of anilines is 2. The summed E-state index contributed by atoms with van der Waals surface area (Å²) in [5, 5.41) is 7.73. The van der Waals surface area contributed by atoms with Gasteiger partial charge >= 0.3 is 0 Å². The van der Waals surface area contributed by atoms with Crippen LogP contribution < -0.4 is 15.0 Å². The molecule has 148 valence electrons. The van der Waals surface area contributed by atoms with E-state index in [1.165, 1.54) is 4.90 Å². The molecule has 1 aliphatic heterocycles. The number of benzene rings is 2. The number of aromatic nitrogens is 2. The van der Waals surface area contributed by atoms with Crippen LogP contribution in [0.4, 0.5) is 11.5 Å². The van der Waals surface area contributed by atoms with Crippen LogP contribution in [0.3, 0.4) is 0 Å². The molecule has 0 spiro atoms. The lowest BCUT2D eigenvalue weighted by molar-refractivity contribution is -0.127. The van der Waals surface area contributed by atoms with E-state index in [4.69, 9.17) is 16.3 Å². The number of rotatable bonds is 5. The molecule has 8 heteroatoms. The number of hydrogen-bond acceptors (Lipinski definition) is 4. The largest absolute Gasteiger partial charge is 0.479 e. The third kappa shape index (κ3) is 4.09. The van der Waals surface area contributed by atoms with Crippen LogP contribution in [-0.4, -0.2) is 34.2 Å². The maximum Gasteiger partial charge on any atom is 0.268 e. The Bertz CT molecular complexity index is 1070. The molecule has 0 bridgehead atoms. The summed E-state index contributed by atoms with van der Waals surface area (Å²) in [5.74, 6) is 0.539. The number of carbonyl (C=O) groups is 2. The summed E-state index contributed by atoms with van der Waals surface area (Å²) >= 11 is 6.04. The highest BCUT2D eigenvalue weighted by atomic mass is 35.5. The van der Waals surface area contributed by atoms with E-state index in [1.54, 1.807) is 48.1 Å². The van der Waals surface area contributed by atoms with Gasteiger partial charge in [-0.2, -0.15) is 5.10 Å². The van der Waals surface area contributed by atoms with Crippen molar-refractivity contribution in [3.05, 3.63) is 71.4 Å². The van der Waals surface area contributed by atoms with Gasteiger partial charge in [0.15, 0.2) is 6.10 Å². The molecule has 1 aliphatic rings. The lowest BCUT2D eigenvalue weighted by atomic mass is 10.2. The van der Waals surface area contributed by atoms with E-state index in [2.05, 4.69) is 10.4 Å². The van der Waals surface area contributed by atoms with Crippen LogP contribution in [0.15, 0.2) is 60.8 Å². The molecule has 1 aromatic heterocycles. The minimum atomic E-state index is -0.647. The number of amides is 2. The Morgan fingerprint density at radius 1 is 1.21 bits per heavy atom. The molecular weight excluding hydrogens is 392 g/mol. The van der Waals surface area contributed by atoms with Gasteiger partial charge in [-0.25, -0.2) is 4.68 Å². The van der Waals surface area contributed by atoms with Crippen molar-refractivity contribution in [1.82, 2.24) is 9.78 Å². The predicted molar refractivity (Wildman–Crippen MR) is 110 cm³/mol. The van der Waals surface area contributed by atoms with Gasteiger partial charge in [0.1, 0.15) is 18.1 Å². The molecule has 7 nitrogen and oxygen atoms in total. The second kappa shape index (κ2) is 7.97. The number of hydrogen-bond donors (Lipinski definition) is 1. The molecule has 2 aromatic carbocycles. The van der Waals surface area contributed by atoms with Gasteiger partial charge in [-0.1, -0.05) is 35.9 Å². The first-order valence-electron chi connectivity index (χ1n) is 9.14. The second-order valence-corrected chi connectivity index (χ2v) is 7.14. The molecule has 4 rings (SSSR count). The standard InChI is InChI=1S/C21H19ClN4O3/c1-14-21(28)25(17-7-2-3-8-18(17)29-14)13-20(27)24-19-9-10-23-26(19)12-15-5-4-6-16(22)11-15/h2-11,14H,12-13H2,1H3,(H,24,27). The molecule has 0 radical (unpaired) electrons. The number of carbonyl (C=O) groups excluding carboxylic acids is 2. The minimum absolute atomic E-state index is 0.119. The third-order valence-corrected chi connectivity index (χ3v) is 4.82. The summed E-state index contributed by atoms with van der Waals surface area (Å²) in [5.41, 5.74) is 1.54. The first-order valence-corrected chi connectivity index (χ1v) is 9.52. The lowest BCUT2D eigenvalue weighted by Crippen LogP contribution is -2.47. The normalized spacial score (nSPS) is 15.6. The molecule has 0 aliphatic carbocycles. The number of nitrogens with zero attached hydrogens (tertiary/aromatic N) is 3. The number of para-hydroxylation sites is 2. The van der Waals surface area contributed by atoms with Crippen LogP contribution in [0.1, 0.15) is 12.5 Å². The van der Waals surface area contributed by atoms with Gasteiger partial charge in [-0.15, -0.1) is 0 Å². The van der Waals surface area contributed by atoms with Crippen molar-refractivity contribution >= 4 is 34.9 Å². The zero-order valence-corrected chi connectivity index (χ0v) is 16.5. The van der Waals surface area contributed by atoms with Gasteiger partial charge in [0.05, 0.1) is 18.4 Å².